The molecule has 2 saturated heterocycles. The van der Waals surface area contributed by atoms with Crippen molar-refractivity contribution in [2.75, 3.05) is 13.1 Å². The Balaban J connectivity index is 1.93. The Labute approximate surface area is 168 Å². The van der Waals surface area contributed by atoms with Crippen LogP contribution in [0.25, 0.3) is 0 Å². The summed E-state index contributed by atoms with van der Waals surface area (Å²) < 4.78 is 27.7. The molecule has 28 heavy (non-hydrogen) atoms. The largest absolute Gasteiger partial charge is 0.480 e. The number of hydrogen-bond donors (Lipinski definition) is 2. The number of sulfonamides is 1. The molecule has 0 aromatic heterocycles. The van der Waals surface area contributed by atoms with Gasteiger partial charge >= 0.3 is 5.97 Å². The zero-order valence-electron chi connectivity index (χ0n) is 15.6. The second-order valence-electron chi connectivity index (χ2n) is 7.37. The van der Waals surface area contributed by atoms with Crippen LogP contribution >= 0.6 is 11.6 Å². The second-order valence-corrected chi connectivity index (χ2v) is 9.64. The summed E-state index contributed by atoms with van der Waals surface area (Å²) >= 11 is 6.07. The van der Waals surface area contributed by atoms with Gasteiger partial charge in [0.05, 0.1) is 11.0 Å². The summed E-state index contributed by atoms with van der Waals surface area (Å²) in [5.74, 6) is -1.78. The number of nitrogens with zero attached hydrogens (tertiary/aromatic N) is 2. The first-order valence-electron chi connectivity index (χ1n) is 9.04. The Morgan fingerprint density at radius 2 is 1.86 bits per heavy atom. The SMILES string of the molecule is Cc1cc(S(=O)(=O)N2CCC[C@@H]2C(=O)N2C[C@H](O)C[C@@H]2C(=O)O)c(C)cc1Cl. The molecule has 0 spiro atoms. The summed E-state index contributed by atoms with van der Waals surface area (Å²) in [4.78, 5) is 25.6. The van der Waals surface area contributed by atoms with Gasteiger partial charge in [0.2, 0.25) is 15.9 Å². The van der Waals surface area contributed by atoms with Gasteiger partial charge in [0.25, 0.3) is 0 Å². The fourth-order valence-electron chi connectivity index (χ4n) is 3.92. The third-order valence-corrected chi connectivity index (χ3v) is 7.84. The van der Waals surface area contributed by atoms with Gasteiger partial charge in [0.15, 0.2) is 0 Å². The fourth-order valence-corrected chi connectivity index (χ4v) is 6.08. The van der Waals surface area contributed by atoms with Crippen molar-refractivity contribution in [3.63, 3.8) is 0 Å². The molecule has 0 saturated carbocycles. The molecular weight excluding hydrogens is 408 g/mol. The molecule has 8 nitrogen and oxygen atoms in total. The van der Waals surface area contributed by atoms with Gasteiger partial charge in [-0.1, -0.05) is 11.6 Å². The Kier molecular flexibility index (Phi) is 5.73. The van der Waals surface area contributed by atoms with Crippen LogP contribution in [0.3, 0.4) is 0 Å². The van der Waals surface area contributed by atoms with Gasteiger partial charge in [0.1, 0.15) is 12.1 Å². The zero-order chi connectivity index (χ0) is 20.8. The predicted octanol–water partition coefficient (Wildman–Crippen LogP) is 1.16. The van der Waals surface area contributed by atoms with E-state index in [1.54, 1.807) is 19.9 Å². The maximum absolute atomic E-state index is 13.3. The van der Waals surface area contributed by atoms with Crippen molar-refractivity contribution in [1.29, 1.82) is 0 Å². The summed E-state index contributed by atoms with van der Waals surface area (Å²) in [5, 5.41) is 19.6. The van der Waals surface area contributed by atoms with E-state index >= 15 is 0 Å². The molecule has 2 fully saturated rings. The van der Waals surface area contributed by atoms with Crippen molar-refractivity contribution in [3.8, 4) is 0 Å². The van der Waals surface area contributed by atoms with Crippen LogP contribution in [0.1, 0.15) is 30.4 Å². The number of aryl methyl sites for hydroxylation is 2. The van der Waals surface area contributed by atoms with Gasteiger partial charge in [-0.3, -0.25) is 4.79 Å². The van der Waals surface area contributed by atoms with Crippen LogP contribution in [0.5, 0.6) is 0 Å². The topological polar surface area (TPSA) is 115 Å². The Morgan fingerprint density at radius 3 is 2.50 bits per heavy atom. The summed E-state index contributed by atoms with van der Waals surface area (Å²) in [7, 11) is -3.97. The first-order chi connectivity index (χ1) is 13.0. The molecule has 3 atom stereocenters. The van der Waals surface area contributed by atoms with Crippen LogP contribution in [-0.2, 0) is 19.6 Å². The lowest BCUT2D eigenvalue weighted by molar-refractivity contribution is -0.149. The van der Waals surface area contributed by atoms with Crippen molar-refractivity contribution in [2.45, 2.75) is 56.2 Å². The summed E-state index contributed by atoms with van der Waals surface area (Å²) in [6.07, 6.45) is -0.189. The van der Waals surface area contributed by atoms with Gasteiger partial charge < -0.3 is 15.1 Å². The van der Waals surface area contributed by atoms with Crippen LogP contribution in [0.15, 0.2) is 17.0 Å². The van der Waals surface area contributed by atoms with Gasteiger partial charge in [-0.2, -0.15) is 4.31 Å². The molecule has 1 aromatic rings. The highest BCUT2D eigenvalue weighted by molar-refractivity contribution is 7.89. The standard InChI is InChI=1S/C18H23ClN2O6S/c1-10-7-16(11(2)6-13(10)19)28(26,27)21-5-3-4-14(21)17(23)20-9-12(22)8-15(20)18(24)25/h6-7,12,14-15,22H,3-5,8-9H2,1-2H3,(H,24,25)/t12-,14-,15-/m1/s1. The zero-order valence-corrected chi connectivity index (χ0v) is 17.2. The van der Waals surface area contributed by atoms with E-state index in [0.717, 1.165) is 9.21 Å². The van der Waals surface area contributed by atoms with E-state index in [1.807, 2.05) is 0 Å². The maximum atomic E-state index is 13.3. The van der Waals surface area contributed by atoms with Crippen LogP contribution in [0.2, 0.25) is 5.02 Å². The highest BCUT2D eigenvalue weighted by Crippen LogP contribution is 2.32. The van der Waals surface area contributed by atoms with Crippen molar-refractivity contribution >= 4 is 33.5 Å². The summed E-state index contributed by atoms with van der Waals surface area (Å²) in [5.41, 5.74) is 1.09. The van der Waals surface area contributed by atoms with E-state index in [9.17, 15) is 28.2 Å². The lowest BCUT2D eigenvalue weighted by Gasteiger charge is -2.29. The summed E-state index contributed by atoms with van der Waals surface area (Å²) in [6, 6.07) is 0.945. The third kappa shape index (κ3) is 3.63. The first kappa shape index (κ1) is 21.0. The molecule has 3 rings (SSSR count). The minimum absolute atomic E-state index is 0.0595. The quantitative estimate of drug-likeness (QED) is 0.740. The maximum Gasteiger partial charge on any atom is 0.326 e. The number of carbonyl (C=O) groups excluding carboxylic acids is 1. The van der Waals surface area contributed by atoms with Gasteiger partial charge in [-0.15, -0.1) is 0 Å². The van der Waals surface area contributed by atoms with Crippen molar-refractivity contribution < 1.29 is 28.2 Å². The first-order valence-corrected chi connectivity index (χ1v) is 10.9. The predicted molar refractivity (Wildman–Crippen MR) is 102 cm³/mol. The van der Waals surface area contributed by atoms with E-state index in [-0.39, 0.29) is 24.4 Å². The molecule has 0 radical (unpaired) electrons. The van der Waals surface area contributed by atoms with Crippen molar-refractivity contribution in [1.82, 2.24) is 9.21 Å². The number of hydrogen-bond acceptors (Lipinski definition) is 5. The molecule has 0 aliphatic carbocycles. The second kappa shape index (κ2) is 7.62. The number of carboxylic acid groups (broad SMARTS) is 1. The van der Waals surface area contributed by atoms with Crippen LogP contribution in [0, 0.1) is 13.8 Å². The molecule has 2 aliphatic heterocycles. The van der Waals surface area contributed by atoms with Gasteiger partial charge in [-0.05, 0) is 49.9 Å². The Hall–Kier alpha value is -1.68. The number of likely N-dealkylation sites (tertiary alicyclic amines) is 1. The number of aliphatic hydroxyl groups is 1. The van der Waals surface area contributed by atoms with E-state index in [1.165, 1.54) is 6.07 Å². The van der Waals surface area contributed by atoms with Gasteiger partial charge in [0, 0.05) is 24.5 Å². The number of aliphatic carboxylic acids is 1. The van der Waals surface area contributed by atoms with Crippen LogP contribution in [-0.4, -0.2) is 71.0 Å². The van der Waals surface area contributed by atoms with E-state index in [2.05, 4.69) is 0 Å². The van der Waals surface area contributed by atoms with Crippen LogP contribution < -0.4 is 0 Å². The number of amides is 1. The minimum Gasteiger partial charge on any atom is -0.480 e. The number of rotatable bonds is 4. The molecule has 2 aliphatic rings. The van der Waals surface area contributed by atoms with E-state index in [0.29, 0.717) is 29.0 Å². The molecule has 1 aromatic carbocycles. The number of aliphatic hydroxyl groups excluding tert-OH is 1. The Morgan fingerprint density at radius 1 is 1.18 bits per heavy atom. The molecule has 0 unspecified atom stereocenters. The fraction of sp³-hybridized carbons (Fsp3) is 0.556. The molecule has 154 valence electrons. The normalized spacial score (nSPS) is 26.0. The molecule has 0 bridgehead atoms. The molecule has 1 amide bonds. The van der Waals surface area contributed by atoms with Gasteiger partial charge in [-0.25, -0.2) is 13.2 Å². The lowest BCUT2D eigenvalue weighted by atomic mass is 10.1. The number of carbonyl (C=O) groups is 2. The highest BCUT2D eigenvalue weighted by Gasteiger charge is 2.46. The third-order valence-electron chi connectivity index (χ3n) is 5.38. The number of carboxylic acids is 1. The molecule has 2 heterocycles. The number of β-amino-alcohol motifs (C(OH)–C–C–N with tert-alkyl or cyclic N) is 1. The number of halogens is 1. The minimum atomic E-state index is -3.97. The van der Waals surface area contributed by atoms with Crippen molar-refractivity contribution in [3.05, 3.63) is 28.3 Å². The lowest BCUT2D eigenvalue weighted by Crippen LogP contribution is -2.51. The summed E-state index contributed by atoms with van der Waals surface area (Å²) in [6.45, 7) is 3.41. The smallest absolute Gasteiger partial charge is 0.326 e. The number of benzene rings is 1. The molecule has 2 N–H and O–H groups in total. The van der Waals surface area contributed by atoms with Crippen molar-refractivity contribution in [2.24, 2.45) is 0 Å². The van der Waals surface area contributed by atoms with E-state index < -0.39 is 40.1 Å². The monoisotopic (exact) mass is 430 g/mol. The molecule has 10 heteroatoms. The van der Waals surface area contributed by atoms with E-state index in [4.69, 9.17) is 11.6 Å². The average Bonchev–Trinajstić information content (AvgIpc) is 3.24. The Bertz CT molecular complexity index is 919. The average molecular weight is 431 g/mol. The van der Waals surface area contributed by atoms with Crippen LogP contribution in [0.4, 0.5) is 0 Å². The molecular formula is C18H23ClN2O6S. The highest BCUT2D eigenvalue weighted by atomic mass is 35.5.